The van der Waals surface area contributed by atoms with Crippen LogP contribution < -0.4 is 0 Å². The fraction of sp³-hybridized carbons (Fsp3) is 0.929. The van der Waals surface area contributed by atoms with Gasteiger partial charge in [-0.25, -0.2) is 4.74 Å². The van der Waals surface area contributed by atoms with Crippen LogP contribution in [0.4, 0.5) is 123 Å². The van der Waals surface area contributed by atoms with Gasteiger partial charge in [-0.1, -0.05) is 0 Å². The maximum Gasteiger partial charge on any atom is 0.460 e. The minimum absolute atomic E-state index is 0.901. The van der Waals surface area contributed by atoms with Gasteiger partial charge in [0.1, 0.15) is 0 Å². The lowest BCUT2D eigenvalue weighted by molar-refractivity contribution is -0.510. The Kier molecular flexibility index (Phi) is 9.55. The molecule has 0 aromatic carbocycles. The number of hydrogen-bond acceptors (Lipinski definition) is 2. The Balaban J connectivity index is 7.29. The third-order valence-electron chi connectivity index (χ3n) is 4.75. The molecule has 0 heterocycles. The molecular formula is C14F28O2. The number of carbonyl (C=O) groups is 1. The standard InChI is InChI=1S/C14F28O2/c15-1(43)2(16,17)13(39,40)44-14(41,42)11(34,35)9(30,31)7(26,27)5(22,23)3(18,19)4(20,21)6(24,25)8(28,29)10(32,33)12(36,37)38. The van der Waals surface area contributed by atoms with E-state index < -0.39 is 83.7 Å². The normalized spacial score (nSPS) is 16.8. The van der Waals surface area contributed by atoms with Crippen LogP contribution in [0.2, 0.25) is 0 Å². The van der Waals surface area contributed by atoms with Crippen molar-refractivity contribution in [3.63, 3.8) is 0 Å². The molecule has 0 fully saturated rings. The fourth-order valence-electron chi connectivity index (χ4n) is 2.14. The molecule has 0 spiro atoms. The summed E-state index contributed by atoms with van der Waals surface area (Å²) in [4.78, 5) is 9.65. The number of ether oxygens (including phenoxy) is 1. The highest BCUT2D eigenvalue weighted by Gasteiger charge is 2.99. The van der Waals surface area contributed by atoms with Gasteiger partial charge in [0.05, 0.1) is 0 Å². The lowest BCUT2D eigenvalue weighted by Crippen LogP contribution is -2.77. The first-order chi connectivity index (χ1) is 18.4. The Morgan fingerprint density at radius 2 is 0.523 bits per heavy atom. The van der Waals surface area contributed by atoms with Gasteiger partial charge >= 0.3 is 83.7 Å². The third-order valence-corrected chi connectivity index (χ3v) is 4.75. The molecule has 0 atom stereocenters. The fourth-order valence-corrected chi connectivity index (χ4v) is 2.14. The molecule has 0 radical (unpaired) electrons. The second-order valence-electron chi connectivity index (χ2n) is 7.65. The van der Waals surface area contributed by atoms with Crippen molar-refractivity contribution < 1.29 is 132 Å². The van der Waals surface area contributed by atoms with E-state index in [0.717, 1.165) is 4.74 Å². The van der Waals surface area contributed by atoms with Gasteiger partial charge in [-0.2, -0.15) is 123 Å². The van der Waals surface area contributed by atoms with E-state index in [0.29, 0.717) is 0 Å². The van der Waals surface area contributed by atoms with Gasteiger partial charge in [-0.3, -0.25) is 4.79 Å². The number of hydrogen-bond donors (Lipinski definition) is 0. The molecule has 0 aliphatic carbocycles. The first-order valence-electron chi connectivity index (χ1n) is 8.90. The molecule has 0 amide bonds. The summed E-state index contributed by atoms with van der Waals surface area (Å²) < 4.78 is 365. The third kappa shape index (κ3) is 5.02. The Labute approximate surface area is 217 Å². The first-order valence-corrected chi connectivity index (χ1v) is 8.90. The summed E-state index contributed by atoms with van der Waals surface area (Å²) in [6.45, 7) is 0. The summed E-state index contributed by atoms with van der Waals surface area (Å²) >= 11 is 0. The van der Waals surface area contributed by atoms with E-state index in [-0.39, 0.29) is 0 Å². The molecule has 0 saturated carbocycles. The second kappa shape index (κ2) is 10.1. The van der Waals surface area contributed by atoms with Crippen molar-refractivity contribution in [1.82, 2.24) is 0 Å². The van der Waals surface area contributed by atoms with Crippen LogP contribution in [-0.4, -0.2) is 83.7 Å². The van der Waals surface area contributed by atoms with Crippen molar-refractivity contribution in [2.75, 3.05) is 0 Å². The van der Waals surface area contributed by atoms with Gasteiger partial charge in [-0.15, -0.1) is 0 Å². The summed E-state index contributed by atoms with van der Waals surface area (Å²) in [7, 11) is 0. The summed E-state index contributed by atoms with van der Waals surface area (Å²) in [6, 6.07) is -4.90. The van der Waals surface area contributed by atoms with E-state index >= 15 is 0 Å². The van der Waals surface area contributed by atoms with Crippen molar-refractivity contribution in [1.29, 1.82) is 0 Å². The van der Waals surface area contributed by atoms with Crippen molar-refractivity contribution >= 4 is 6.04 Å². The molecule has 0 aliphatic rings. The molecule has 0 saturated heterocycles. The Morgan fingerprint density at radius 3 is 0.727 bits per heavy atom. The van der Waals surface area contributed by atoms with Gasteiger partial charge in [-0.05, 0) is 0 Å². The first kappa shape index (κ1) is 41.7. The average Bonchev–Trinajstić information content (AvgIpc) is 2.75. The van der Waals surface area contributed by atoms with Crippen LogP contribution >= 0.6 is 0 Å². The zero-order valence-electron chi connectivity index (χ0n) is 18.4. The SMILES string of the molecule is O=C(F)C(F)(F)C(F)(F)OC(F)(F)C(F)(F)C(F)(F)C(F)(F)C(F)(F)C(F)(F)C(F)(F)C(F)(F)C(F)(F)C(F)(F)C(F)(F)F. The van der Waals surface area contributed by atoms with E-state index in [4.69, 9.17) is 0 Å². The molecule has 0 aromatic rings. The van der Waals surface area contributed by atoms with Gasteiger partial charge in [0.2, 0.25) is 0 Å². The van der Waals surface area contributed by atoms with E-state index in [9.17, 15) is 128 Å². The number of rotatable bonds is 13. The van der Waals surface area contributed by atoms with Gasteiger partial charge < -0.3 is 0 Å². The molecule has 264 valence electrons. The highest BCUT2D eigenvalue weighted by Crippen LogP contribution is 2.67. The Hall–Kier alpha value is -2.33. The van der Waals surface area contributed by atoms with E-state index in [2.05, 4.69) is 0 Å². The molecular weight excluding hydrogens is 732 g/mol. The minimum atomic E-state index is -9.80. The summed E-state index contributed by atoms with van der Waals surface area (Å²) in [5.74, 6) is -92.8. The Bertz CT molecular complexity index is 1080. The summed E-state index contributed by atoms with van der Waals surface area (Å²) in [5.41, 5.74) is 0. The van der Waals surface area contributed by atoms with E-state index in [1.165, 1.54) is 0 Å². The highest BCUT2D eigenvalue weighted by molar-refractivity contribution is 5.77. The van der Waals surface area contributed by atoms with Gasteiger partial charge in [0.25, 0.3) is 0 Å². The quantitative estimate of drug-likeness (QED) is 0.140. The maximum absolute atomic E-state index is 13.5. The number of carbonyl (C=O) groups excluding carboxylic acids is 1. The van der Waals surface area contributed by atoms with Crippen LogP contribution in [0, 0.1) is 0 Å². The largest absolute Gasteiger partial charge is 0.460 e. The van der Waals surface area contributed by atoms with Crippen LogP contribution in [0.5, 0.6) is 0 Å². The van der Waals surface area contributed by atoms with Crippen LogP contribution in [0.1, 0.15) is 0 Å². The van der Waals surface area contributed by atoms with Crippen LogP contribution in [0.3, 0.4) is 0 Å². The molecule has 44 heavy (non-hydrogen) atoms. The van der Waals surface area contributed by atoms with Gasteiger partial charge in [0, 0.05) is 0 Å². The average molecular weight is 732 g/mol. The molecule has 2 nitrogen and oxygen atoms in total. The molecule has 30 heteroatoms. The lowest BCUT2D eigenvalue weighted by Gasteiger charge is -2.45. The van der Waals surface area contributed by atoms with Crippen LogP contribution in [0.25, 0.3) is 0 Å². The zero-order chi connectivity index (χ0) is 36.8. The smallest absolute Gasteiger partial charge is 0.254 e. The minimum Gasteiger partial charge on any atom is -0.254 e. The molecule has 0 N–H and O–H groups in total. The highest BCUT2D eigenvalue weighted by atomic mass is 19.4. The molecule has 0 aliphatic heterocycles. The lowest BCUT2D eigenvalue weighted by atomic mass is 9.86. The van der Waals surface area contributed by atoms with E-state index in [1.807, 2.05) is 0 Å². The predicted octanol–water partition coefficient (Wildman–Crippen LogP) is 8.60. The molecule has 0 bridgehead atoms. The molecule has 0 aromatic heterocycles. The van der Waals surface area contributed by atoms with Crippen LogP contribution in [-0.2, 0) is 9.53 Å². The van der Waals surface area contributed by atoms with Gasteiger partial charge in [0.15, 0.2) is 0 Å². The van der Waals surface area contributed by atoms with Crippen molar-refractivity contribution in [2.24, 2.45) is 0 Å². The number of alkyl halides is 27. The summed E-state index contributed by atoms with van der Waals surface area (Å²) in [5, 5.41) is 0. The number of halogens is 28. The molecule has 0 unspecified atom stereocenters. The summed E-state index contributed by atoms with van der Waals surface area (Å²) in [6.07, 6.45) is -24.9. The van der Waals surface area contributed by atoms with E-state index in [1.54, 1.807) is 0 Å². The maximum atomic E-state index is 13.5. The van der Waals surface area contributed by atoms with Crippen molar-refractivity contribution in [3.05, 3.63) is 0 Å². The predicted molar refractivity (Wildman–Crippen MR) is 72.6 cm³/mol. The van der Waals surface area contributed by atoms with Crippen LogP contribution in [0.15, 0.2) is 0 Å². The second-order valence-corrected chi connectivity index (χ2v) is 7.65. The zero-order valence-corrected chi connectivity index (χ0v) is 18.4. The Morgan fingerprint density at radius 1 is 0.318 bits per heavy atom. The van der Waals surface area contributed by atoms with Crippen molar-refractivity contribution in [2.45, 2.75) is 77.6 Å². The topological polar surface area (TPSA) is 26.3 Å². The molecule has 0 rings (SSSR count). The van der Waals surface area contributed by atoms with Crippen molar-refractivity contribution in [3.8, 4) is 0 Å². The monoisotopic (exact) mass is 732 g/mol.